The predicted molar refractivity (Wildman–Crippen MR) is 92.3 cm³/mol. The van der Waals surface area contributed by atoms with Gasteiger partial charge in [0.05, 0.1) is 0 Å². The summed E-state index contributed by atoms with van der Waals surface area (Å²) >= 11 is 0. The van der Waals surface area contributed by atoms with Gasteiger partial charge in [0.25, 0.3) is 0 Å². The van der Waals surface area contributed by atoms with Crippen molar-refractivity contribution in [1.82, 2.24) is 0 Å². The largest absolute Gasteiger partial charge is 0.462 e. The third-order valence-corrected chi connectivity index (χ3v) is 8.59. The van der Waals surface area contributed by atoms with E-state index in [1.807, 2.05) is 0 Å². The van der Waals surface area contributed by atoms with E-state index < -0.39 is 0 Å². The molecule has 4 fully saturated rings. The Hall–Kier alpha value is -0.860. The van der Waals surface area contributed by atoms with Crippen LogP contribution in [0.1, 0.15) is 78.6 Å². The van der Waals surface area contributed by atoms with Crippen molar-refractivity contribution in [3.05, 3.63) is 0 Å². The molecule has 0 aromatic rings. The first-order valence-corrected chi connectivity index (χ1v) is 10.1. The second kappa shape index (κ2) is 5.57. The first-order valence-electron chi connectivity index (χ1n) is 10.1. The Balaban J connectivity index is 1.69. The lowest BCUT2D eigenvalue weighted by molar-refractivity contribution is -0.183. The van der Waals surface area contributed by atoms with E-state index in [9.17, 15) is 9.59 Å². The standard InChI is InChI=1S/C21H32O3/c1-13(22)24-18-12-14-15-7-8-19(23)21(15,3)11-9-16(14)20(2)10-5-4-6-17(18)20/h14-18H,4-12H2,1-3H3/t14-,15-,16-,17?,18?,20+,21-/m0/s1. The molecule has 3 nitrogen and oxygen atoms in total. The van der Waals surface area contributed by atoms with E-state index in [0.29, 0.717) is 29.0 Å². The van der Waals surface area contributed by atoms with E-state index in [4.69, 9.17) is 4.74 Å². The number of rotatable bonds is 1. The number of hydrogen-bond donors (Lipinski definition) is 0. The van der Waals surface area contributed by atoms with E-state index >= 15 is 0 Å². The smallest absolute Gasteiger partial charge is 0.302 e. The second-order valence-electron chi connectivity index (χ2n) is 9.54. The van der Waals surface area contributed by atoms with Crippen LogP contribution in [0.3, 0.4) is 0 Å². The zero-order chi connectivity index (χ0) is 17.1. The molecule has 0 aromatic heterocycles. The Morgan fingerprint density at radius 3 is 2.58 bits per heavy atom. The molecule has 4 aliphatic carbocycles. The van der Waals surface area contributed by atoms with E-state index in [1.165, 1.54) is 32.1 Å². The van der Waals surface area contributed by atoms with Gasteiger partial charge in [-0.25, -0.2) is 0 Å². The lowest BCUT2D eigenvalue weighted by Crippen LogP contribution is -2.57. The van der Waals surface area contributed by atoms with Crippen LogP contribution in [0.15, 0.2) is 0 Å². The number of carbonyl (C=O) groups excluding carboxylic acids is 2. The van der Waals surface area contributed by atoms with Crippen molar-refractivity contribution >= 4 is 11.8 Å². The molecule has 0 radical (unpaired) electrons. The van der Waals surface area contributed by atoms with E-state index in [-0.39, 0.29) is 17.5 Å². The maximum Gasteiger partial charge on any atom is 0.302 e. The zero-order valence-electron chi connectivity index (χ0n) is 15.5. The van der Waals surface area contributed by atoms with Crippen molar-refractivity contribution < 1.29 is 14.3 Å². The number of ether oxygens (including phenoxy) is 1. The van der Waals surface area contributed by atoms with Gasteiger partial charge in [-0.2, -0.15) is 0 Å². The lowest BCUT2D eigenvalue weighted by atomic mass is 9.44. The molecule has 0 amide bonds. The van der Waals surface area contributed by atoms with Crippen LogP contribution in [-0.4, -0.2) is 17.9 Å². The molecular weight excluding hydrogens is 300 g/mol. The van der Waals surface area contributed by atoms with Crippen LogP contribution in [0.25, 0.3) is 0 Å². The summed E-state index contributed by atoms with van der Waals surface area (Å²) < 4.78 is 5.86. The molecule has 4 saturated carbocycles. The molecule has 3 heteroatoms. The minimum atomic E-state index is -0.132. The van der Waals surface area contributed by atoms with E-state index in [1.54, 1.807) is 6.92 Å². The quantitative estimate of drug-likeness (QED) is 0.663. The van der Waals surface area contributed by atoms with Crippen LogP contribution in [-0.2, 0) is 14.3 Å². The van der Waals surface area contributed by atoms with Gasteiger partial charge in [-0.05, 0) is 61.7 Å². The maximum absolute atomic E-state index is 12.5. The highest BCUT2D eigenvalue weighted by atomic mass is 16.5. The SMILES string of the molecule is CC(=O)OC1C[C@@H]2[C@H](CC[C@]3(C)C(=O)CC[C@@H]23)[C@@]2(C)CCCCC12. The van der Waals surface area contributed by atoms with Crippen molar-refractivity contribution in [2.45, 2.75) is 84.7 Å². The van der Waals surface area contributed by atoms with E-state index in [0.717, 1.165) is 31.6 Å². The van der Waals surface area contributed by atoms with Gasteiger partial charge in [-0.1, -0.05) is 26.7 Å². The van der Waals surface area contributed by atoms with Crippen LogP contribution < -0.4 is 0 Å². The van der Waals surface area contributed by atoms with Crippen molar-refractivity contribution in [3.63, 3.8) is 0 Å². The molecule has 4 aliphatic rings. The lowest BCUT2D eigenvalue weighted by Gasteiger charge is -2.61. The average Bonchev–Trinajstić information content (AvgIpc) is 2.82. The van der Waals surface area contributed by atoms with Crippen molar-refractivity contribution in [3.8, 4) is 0 Å². The Morgan fingerprint density at radius 2 is 1.83 bits per heavy atom. The van der Waals surface area contributed by atoms with Crippen LogP contribution in [0.5, 0.6) is 0 Å². The van der Waals surface area contributed by atoms with E-state index in [2.05, 4.69) is 13.8 Å². The summed E-state index contributed by atoms with van der Waals surface area (Å²) in [6.45, 7) is 6.25. The number of hydrogen-bond acceptors (Lipinski definition) is 3. The zero-order valence-corrected chi connectivity index (χ0v) is 15.5. The first-order chi connectivity index (χ1) is 11.4. The van der Waals surface area contributed by atoms with Crippen molar-refractivity contribution in [2.75, 3.05) is 0 Å². The van der Waals surface area contributed by atoms with Crippen LogP contribution in [0, 0.1) is 34.5 Å². The fourth-order valence-electron chi connectivity index (χ4n) is 7.44. The van der Waals surface area contributed by atoms with Crippen molar-refractivity contribution in [1.29, 1.82) is 0 Å². The number of carbonyl (C=O) groups is 2. The highest BCUT2D eigenvalue weighted by Crippen LogP contribution is 2.65. The Morgan fingerprint density at radius 1 is 1.04 bits per heavy atom. The third kappa shape index (κ3) is 2.22. The second-order valence-corrected chi connectivity index (χ2v) is 9.54. The molecule has 0 N–H and O–H groups in total. The van der Waals surface area contributed by atoms with Gasteiger partial charge in [-0.15, -0.1) is 0 Å². The molecular formula is C21H32O3. The Labute approximate surface area is 145 Å². The van der Waals surface area contributed by atoms with Crippen LogP contribution >= 0.6 is 0 Å². The summed E-state index contributed by atoms with van der Waals surface area (Å²) in [5, 5.41) is 0. The molecule has 0 aromatic carbocycles. The number of fused-ring (bicyclic) bond motifs is 5. The third-order valence-electron chi connectivity index (χ3n) is 8.59. The molecule has 0 heterocycles. The molecule has 24 heavy (non-hydrogen) atoms. The van der Waals surface area contributed by atoms with Gasteiger partial charge in [0.1, 0.15) is 11.9 Å². The molecule has 0 spiro atoms. The minimum absolute atomic E-state index is 0.0760. The molecule has 0 aliphatic heterocycles. The predicted octanol–water partition coefficient (Wildman–Crippen LogP) is 4.53. The topological polar surface area (TPSA) is 43.4 Å². The summed E-state index contributed by atoms with van der Waals surface area (Å²) in [4.78, 5) is 24.3. The van der Waals surface area contributed by atoms with Gasteiger partial charge in [0.2, 0.25) is 0 Å². The summed E-state index contributed by atoms with van der Waals surface area (Å²) in [5.74, 6) is 2.69. The van der Waals surface area contributed by atoms with Gasteiger partial charge in [0, 0.05) is 24.7 Å². The molecule has 134 valence electrons. The average molecular weight is 332 g/mol. The van der Waals surface area contributed by atoms with Gasteiger partial charge < -0.3 is 4.74 Å². The van der Waals surface area contributed by atoms with Crippen LogP contribution in [0.2, 0.25) is 0 Å². The minimum Gasteiger partial charge on any atom is -0.462 e. The number of Topliss-reactive ketones (excluding diaryl/α,β-unsaturated/α-hetero) is 1. The number of ketones is 1. The molecule has 2 unspecified atom stereocenters. The Bertz CT molecular complexity index is 555. The van der Waals surface area contributed by atoms with Crippen molar-refractivity contribution in [2.24, 2.45) is 34.5 Å². The summed E-state index contributed by atoms with van der Waals surface area (Å²) in [5.41, 5.74) is 0.202. The Kier molecular flexibility index (Phi) is 3.85. The summed E-state index contributed by atoms with van der Waals surface area (Å²) in [6.07, 6.45) is 10.2. The maximum atomic E-state index is 12.5. The molecule has 0 saturated heterocycles. The highest BCUT2D eigenvalue weighted by molar-refractivity contribution is 5.87. The van der Waals surface area contributed by atoms with Gasteiger partial charge >= 0.3 is 5.97 Å². The molecule has 7 atom stereocenters. The normalized spacial score (nSPS) is 50.6. The van der Waals surface area contributed by atoms with Crippen LogP contribution in [0.4, 0.5) is 0 Å². The monoisotopic (exact) mass is 332 g/mol. The molecule has 4 rings (SSSR count). The van der Waals surface area contributed by atoms with Gasteiger partial charge in [0.15, 0.2) is 0 Å². The highest BCUT2D eigenvalue weighted by Gasteiger charge is 2.62. The fraction of sp³-hybridized carbons (Fsp3) is 0.905. The summed E-state index contributed by atoms with van der Waals surface area (Å²) in [6, 6.07) is 0. The summed E-state index contributed by atoms with van der Waals surface area (Å²) in [7, 11) is 0. The van der Waals surface area contributed by atoms with Gasteiger partial charge in [-0.3, -0.25) is 9.59 Å². The number of esters is 1. The first kappa shape index (κ1) is 16.6. The molecule has 0 bridgehead atoms. The fourth-order valence-corrected chi connectivity index (χ4v) is 7.44.